The first-order valence-corrected chi connectivity index (χ1v) is 9.54. The van der Waals surface area contributed by atoms with E-state index in [0.29, 0.717) is 12.0 Å². The molecule has 2 heterocycles. The number of carbonyl (C=O) groups is 1. The average Bonchev–Trinajstić information content (AvgIpc) is 3.01. The van der Waals surface area contributed by atoms with E-state index in [2.05, 4.69) is 18.7 Å². The van der Waals surface area contributed by atoms with Crippen molar-refractivity contribution in [1.29, 1.82) is 0 Å². The second-order valence-electron chi connectivity index (χ2n) is 6.42. The third kappa shape index (κ3) is 5.32. The fraction of sp³-hybridized carbons (Fsp3) is 0.929. The van der Waals surface area contributed by atoms with Crippen LogP contribution in [0.15, 0.2) is 0 Å². The van der Waals surface area contributed by atoms with Crippen molar-refractivity contribution in [3.05, 3.63) is 0 Å². The highest BCUT2D eigenvalue weighted by molar-refractivity contribution is 7.89. The SMILES string of the molecule is CCS(=O)(=O)N1CC[C@H]2[C@H]1CCN2CC(C)C.O=C(O)C(F)(F)F. The van der Waals surface area contributed by atoms with Crippen molar-refractivity contribution in [3.63, 3.8) is 0 Å². The van der Waals surface area contributed by atoms with Crippen molar-refractivity contribution in [2.75, 3.05) is 25.4 Å². The molecule has 0 bridgehead atoms. The molecule has 2 atom stereocenters. The summed E-state index contributed by atoms with van der Waals surface area (Å²) in [6.07, 6.45) is -3.06. The highest BCUT2D eigenvalue weighted by Gasteiger charge is 2.46. The van der Waals surface area contributed by atoms with Gasteiger partial charge in [0.05, 0.1) is 5.75 Å². The maximum Gasteiger partial charge on any atom is 0.490 e. The van der Waals surface area contributed by atoms with Gasteiger partial charge in [-0.15, -0.1) is 0 Å². The number of hydrogen-bond donors (Lipinski definition) is 1. The summed E-state index contributed by atoms with van der Waals surface area (Å²) in [6, 6.07) is 0.720. The molecule has 0 aromatic heterocycles. The number of aliphatic carboxylic acids is 1. The van der Waals surface area contributed by atoms with Gasteiger partial charge in [-0.2, -0.15) is 17.5 Å². The van der Waals surface area contributed by atoms with Crippen LogP contribution in [0.1, 0.15) is 33.6 Å². The Morgan fingerprint density at radius 3 is 2.12 bits per heavy atom. The summed E-state index contributed by atoms with van der Waals surface area (Å²) in [5.41, 5.74) is 0. The molecule has 24 heavy (non-hydrogen) atoms. The van der Waals surface area contributed by atoms with E-state index in [4.69, 9.17) is 9.90 Å². The van der Waals surface area contributed by atoms with Crippen LogP contribution in [0.5, 0.6) is 0 Å². The van der Waals surface area contributed by atoms with Gasteiger partial charge in [0.2, 0.25) is 10.0 Å². The van der Waals surface area contributed by atoms with Crippen LogP contribution < -0.4 is 0 Å². The molecule has 10 heteroatoms. The number of carboxylic acids is 1. The zero-order valence-corrected chi connectivity index (χ0v) is 14.9. The Hall–Kier alpha value is -0.870. The summed E-state index contributed by atoms with van der Waals surface area (Å²) in [7, 11) is -3.00. The molecule has 2 aliphatic rings. The van der Waals surface area contributed by atoms with Gasteiger partial charge >= 0.3 is 12.1 Å². The van der Waals surface area contributed by atoms with Gasteiger partial charge in [-0.1, -0.05) is 13.8 Å². The summed E-state index contributed by atoms with van der Waals surface area (Å²) < 4.78 is 57.5. The van der Waals surface area contributed by atoms with E-state index in [1.54, 1.807) is 11.2 Å². The number of alkyl halides is 3. The Kier molecular flexibility index (Phi) is 7.06. The molecule has 0 aliphatic carbocycles. The Bertz CT molecular complexity index is 537. The first-order chi connectivity index (χ1) is 10.9. The standard InChI is InChI=1S/C12H24N2O2S.C2HF3O2/c1-4-17(15,16)14-8-6-11-12(14)5-7-13(11)9-10(2)3;3-2(4,5)1(6)7/h10-12H,4-9H2,1-3H3;(H,6,7)/t11-,12+;/m0./s1. The second kappa shape index (κ2) is 8.01. The maximum absolute atomic E-state index is 12.0. The number of likely N-dealkylation sites (tertiary alicyclic amines) is 1. The summed E-state index contributed by atoms with van der Waals surface area (Å²) in [5, 5.41) is 7.12. The molecule has 0 amide bonds. The fourth-order valence-electron chi connectivity index (χ4n) is 3.24. The topological polar surface area (TPSA) is 77.9 Å². The number of halogens is 3. The number of fused-ring (bicyclic) bond motifs is 1. The number of sulfonamides is 1. The molecule has 2 fully saturated rings. The Balaban J connectivity index is 0.000000351. The van der Waals surface area contributed by atoms with E-state index >= 15 is 0 Å². The number of carboxylic acid groups (broad SMARTS) is 1. The van der Waals surface area contributed by atoms with Crippen LogP contribution in [0.2, 0.25) is 0 Å². The Morgan fingerprint density at radius 1 is 1.21 bits per heavy atom. The van der Waals surface area contributed by atoms with Gasteiger partial charge < -0.3 is 5.11 Å². The second-order valence-corrected chi connectivity index (χ2v) is 8.63. The van der Waals surface area contributed by atoms with Gasteiger partial charge in [-0.3, -0.25) is 4.90 Å². The minimum absolute atomic E-state index is 0.237. The number of hydrogen-bond acceptors (Lipinski definition) is 4. The average molecular weight is 374 g/mol. The van der Waals surface area contributed by atoms with Crippen LogP contribution in [0, 0.1) is 5.92 Å². The highest BCUT2D eigenvalue weighted by Crippen LogP contribution is 2.33. The van der Waals surface area contributed by atoms with Crippen molar-refractivity contribution in [2.24, 2.45) is 5.92 Å². The van der Waals surface area contributed by atoms with E-state index in [0.717, 1.165) is 32.5 Å². The van der Waals surface area contributed by atoms with Crippen LogP contribution >= 0.6 is 0 Å². The molecule has 0 unspecified atom stereocenters. The van der Waals surface area contributed by atoms with Gasteiger partial charge in [0.1, 0.15) is 0 Å². The molecule has 0 aromatic carbocycles. The molecule has 0 saturated carbocycles. The first kappa shape index (κ1) is 21.2. The Labute approximate surface area is 140 Å². The summed E-state index contributed by atoms with van der Waals surface area (Å²) >= 11 is 0. The quantitative estimate of drug-likeness (QED) is 0.812. The first-order valence-electron chi connectivity index (χ1n) is 7.93. The van der Waals surface area contributed by atoms with E-state index in [1.165, 1.54) is 0 Å². The monoisotopic (exact) mass is 374 g/mol. The molecule has 0 radical (unpaired) electrons. The molecule has 142 valence electrons. The molecular formula is C14H25F3N2O4S. The van der Waals surface area contributed by atoms with Crippen molar-refractivity contribution < 1.29 is 31.5 Å². The summed E-state index contributed by atoms with van der Waals surface area (Å²) in [5.74, 6) is -1.86. The van der Waals surface area contributed by atoms with Crippen molar-refractivity contribution in [1.82, 2.24) is 9.21 Å². The van der Waals surface area contributed by atoms with Crippen molar-refractivity contribution >= 4 is 16.0 Å². The van der Waals surface area contributed by atoms with Gasteiger partial charge in [-0.25, -0.2) is 13.2 Å². The van der Waals surface area contributed by atoms with Crippen molar-refractivity contribution in [2.45, 2.75) is 51.9 Å². The van der Waals surface area contributed by atoms with Gasteiger partial charge in [-0.05, 0) is 25.7 Å². The minimum atomic E-state index is -5.08. The third-order valence-corrected chi connectivity index (χ3v) is 6.10. The van der Waals surface area contributed by atoms with Crippen LogP contribution in [0.25, 0.3) is 0 Å². The highest BCUT2D eigenvalue weighted by atomic mass is 32.2. The molecule has 2 rings (SSSR count). The van der Waals surface area contributed by atoms with Gasteiger partial charge in [0.25, 0.3) is 0 Å². The summed E-state index contributed by atoms with van der Waals surface area (Å²) in [6.45, 7) is 9.07. The van der Waals surface area contributed by atoms with Gasteiger partial charge in [0, 0.05) is 31.7 Å². The zero-order valence-electron chi connectivity index (χ0n) is 14.1. The van der Waals surface area contributed by atoms with E-state index < -0.39 is 22.2 Å². The van der Waals surface area contributed by atoms with Crippen LogP contribution in [0.3, 0.4) is 0 Å². The maximum atomic E-state index is 12.0. The van der Waals surface area contributed by atoms with E-state index in [9.17, 15) is 21.6 Å². The molecule has 0 aromatic rings. The fourth-order valence-corrected chi connectivity index (χ4v) is 4.62. The van der Waals surface area contributed by atoms with Crippen LogP contribution in [-0.2, 0) is 14.8 Å². The smallest absolute Gasteiger partial charge is 0.475 e. The van der Waals surface area contributed by atoms with E-state index in [1.807, 2.05) is 0 Å². The molecule has 2 aliphatic heterocycles. The largest absolute Gasteiger partial charge is 0.490 e. The third-order valence-electron chi connectivity index (χ3n) is 4.20. The zero-order chi connectivity index (χ0) is 18.7. The Morgan fingerprint density at radius 2 is 1.71 bits per heavy atom. The molecule has 6 nitrogen and oxygen atoms in total. The number of rotatable bonds is 4. The minimum Gasteiger partial charge on any atom is -0.475 e. The van der Waals surface area contributed by atoms with Crippen LogP contribution in [0.4, 0.5) is 13.2 Å². The molecule has 1 N–H and O–H groups in total. The molecule has 0 spiro atoms. The van der Waals surface area contributed by atoms with Crippen molar-refractivity contribution in [3.8, 4) is 0 Å². The summed E-state index contributed by atoms with van der Waals surface area (Å²) in [4.78, 5) is 11.4. The lowest BCUT2D eigenvalue weighted by atomic mass is 10.1. The lowest BCUT2D eigenvalue weighted by Gasteiger charge is -2.26. The molecule has 2 saturated heterocycles. The lowest BCUT2D eigenvalue weighted by molar-refractivity contribution is -0.192. The lowest BCUT2D eigenvalue weighted by Crippen LogP contribution is -2.41. The van der Waals surface area contributed by atoms with Gasteiger partial charge in [0.15, 0.2) is 0 Å². The van der Waals surface area contributed by atoms with E-state index in [-0.39, 0.29) is 11.8 Å². The predicted molar refractivity (Wildman–Crippen MR) is 83.1 cm³/mol. The normalized spacial score (nSPS) is 25.5. The van der Waals surface area contributed by atoms with Crippen LogP contribution in [-0.4, -0.2) is 72.3 Å². The molecular weight excluding hydrogens is 349 g/mol. The predicted octanol–water partition coefficient (Wildman–Crippen LogP) is 1.77. The number of nitrogens with zero attached hydrogens (tertiary/aromatic N) is 2.